The average Bonchev–Trinajstić information content (AvgIpc) is 2.33. The van der Waals surface area contributed by atoms with Gasteiger partial charge in [0.2, 0.25) is 0 Å². The van der Waals surface area contributed by atoms with E-state index in [-0.39, 0.29) is 17.2 Å². The highest BCUT2D eigenvalue weighted by Gasteiger charge is 2.44. The Bertz CT molecular complexity index is 307. The van der Waals surface area contributed by atoms with Gasteiger partial charge in [0.15, 0.2) is 8.32 Å². The molecule has 1 amide bonds. The van der Waals surface area contributed by atoms with Gasteiger partial charge >= 0.3 is 6.09 Å². The average molecular weight is 259 g/mol. The molecule has 17 heavy (non-hydrogen) atoms. The predicted molar refractivity (Wildman–Crippen MR) is 70.6 cm³/mol. The van der Waals surface area contributed by atoms with Crippen LogP contribution in [0.2, 0.25) is 18.1 Å². The molecule has 0 aromatic carbocycles. The number of ether oxygens (including phenoxy) is 1. The molecule has 1 N–H and O–H groups in total. The van der Waals surface area contributed by atoms with Crippen LogP contribution in [-0.2, 0) is 9.16 Å². The van der Waals surface area contributed by atoms with Crippen LogP contribution in [0.5, 0.6) is 0 Å². The summed E-state index contributed by atoms with van der Waals surface area (Å²) in [6.45, 7) is 15.4. The number of carbonyl (C=O) groups is 1. The van der Waals surface area contributed by atoms with Crippen molar-refractivity contribution in [2.45, 2.75) is 64.4 Å². The maximum Gasteiger partial charge on any atom is 0.408 e. The molecule has 1 saturated heterocycles. The Labute approximate surface area is 105 Å². The first kappa shape index (κ1) is 14.5. The molecule has 0 spiro atoms. The van der Waals surface area contributed by atoms with Crippen LogP contribution in [-0.4, -0.2) is 32.7 Å². The number of hydrogen-bond donors (Lipinski definition) is 1. The van der Waals surface area contributed by atoms with Crippen LogP contribution in [0.4, 0.5) is 4.79 Å². The lowest BCUT2D eigenvalue weighted by Crippen LogP contribution is -2.48. The standard InChI is InChI=1S/C12H25NO3Si/c1-11(2,3)17(6,7)15-8-9-12(4,5)16-10(14)13-9/h9H,8H2,1-7H3,(H,13,14)/t9-/m1/s1. The number of carbonyl (C=O) groups excluding carboxylic acids is 1. The molecule has 1 aliphatic heterocycles. The molecule has 0 aliphatic carbocycles. The van der Waals surface area contributed by atoms with Crippen molar-refractivity contribution in [1.82, 2.24) is 5.32 Å². The highest BCUT2D eigenvalue weighted by molar-refractivity contribution is 6.74. The molecular weight excluding hydrogens is 234 g/mol. The van der Waals surface area contributed by atoms with Gasteiger partial charge in [-0.25, -0.2) is 4.79 Å². The van der Waals surface area contributed by atoms with Crippen molar-refractivity contribution in [3.05, 3.63) is 0 Å². The molecule has 0 radical (unpaired) electrons. The lowest BCUT2D eigenvalue weighted by Gasteiger charge is -2.37. The zero-order valence-corrected chi connectivity index (χ0v) is 13.0. The third kappa shape index (κ3) is 3.22. The Balaban J connectivity index is 2.60. The Kier molecular flexibility index (Phi) is 3.65. The van der Waals surface area contributed by atoms with E-state index < -0.39 is 13.9 Å². The van der Waals surface area contributed by atoms with Crippen LogP contribution < -0.4 is 5.32 Å². The summed E-state index contributed by atoms with van der Waals surface area (Å²) in [4.78, 5) is 11.2. The van der Waals surface area contributed by atoms with Gasteiger partial charge in [0.25, 0.3) is 0 Å². The third-order valence-electron chi connectivity index (χ3n) is 3.90. The smallest absolute Gasteiger partial charge is 0.408 e. The van der Waals surface area contributed by atoms with Crippen molar-refractivity contribution in [3.8, 4) is 0 Å². The lowest BCUT2D eigenvalue weighted by molar-refractivity contribution is 0.0551. The lowest BCUT2D eigenvalue weighted by atomic mass is 10.0. The monoisotopic (exact) mass is 259 g/mol. The van der Waals surface area contributed by atoms with Gasteiger partial charge < -0.3 is 14.5 Å². The van der Waals surface area contributed by atoms with Crippen LogP contribution in [0.25, 0.3) is 0 Å². The van der Waals surface area contributed by atoms with Crippen LogP contribution >= 0.6 is 0 Å². The van der Waals surface area contributed by atoms with E-state index in [1.807, 2.05) is 13.8 Å². The van der Waals surface area contributed by atoms with E-state index in [2.05, 4.69) is 39.2 Å². The fraction of sp³-hybridized carbons (Fsp3) is 0.917. The van der Waals surface area contributed by atoms with Crippen molar-refractivity contribution in [2.75, 3.05) is 6.61 Å². The molecule has 5 heteroatoms. The van der Waals surface area contributed by atoms with Gasteiger partial charge in [0, 0.05) is 0 Å². The van der Waals surface area contributed by atoms with Gasteiger partial charge in [-0.15, -0.1) is 0 Å². The fourth-order valence-corrected chi connectivity index (χ4v) is 2.42. The molecule has 0 saturated carbocycles. The maximum absolute atomic E-state index is 11.2. The number of amides is 1. The first-order valence-electron chi connectivity index (χ1n) is 6.09. The van der Waals surface area contributed by atoms with Crippen molar-refractivity contribution in [1.29, 1.82) is 0 Å². The largest absolute Gasteiger partial charge is 0.441 e. The van der Waals surface area contributed by atoms with Crippen LogP contribution in [0.1, 0.15) is 34.6 Å². The molecule has 1 fully saturated rings. The summed E-state index contributed by atoms with van der Waals surface area (Å²) >= 11 is 0. The van der Waals surface area contributed by atoms with E-state index >= 15 is 0 Å². The van der Waals surface area contributed by atoms with Gasteiger partial charge in [-0.05, 0) is 32.0 Å². The number of cyclic esters (lactones) is 1. The van der Waals surface area contributed by atoms with E-state index in [1.165, 1.54) is 0 Å². The molecule has 0 aromatic rings. The second-order valence-electron chi connectivity index (χ2n) is 6.76. The van der Waals surface area contributed by atoms with Crippen molar-refractivity contribution < 1.29 is 14.0 Å². The summed E-state index contributed by atoms with van der Waals surface area (Å²) in [5.41, 5.74) is -0.487. The van der Waals surface area contributed by atoms with Gasteiger partial charge in [-0.3, -0.25) is 0 Å². The van der Waals surface area contributed by atoms with E-state index in [9.17, 15) is 4.79 Å². The summed E-state index contributed by atoms with van der Waals surface area (Å²) < 4.78 is 11.3. The van der Waals surface area contributed by atoms with Gasteiger partial charge in [0.1, 0.15) is 5.60 Å². The number of nitrogens with one attached hydrogen (secondary N) is 1. The maximum atomic E-state index is 11.2. The van der Waals surface area contributed by atoms with Crippen molar-refractivity contribution in [2.24, 2.45) is 0 Å². The topological polar surface area (TPSA) is 47.6 Å². The number of alkyl carbamates (subject to hydrolysis) is 1. The SMILES string of the molecule is CC1(C)OC(=O)N[C@@H]1CO[Si](C)(C)C(C)(C)C. The van der Waals surface area contributed by atoms with Gasteiger partial charge in [-0.2, -0.15) is 0 Å². The van der Waals surface area contributed by atoms with E-state index in [4.69, 9.17) is 9.16 Å². The van der Waals surface area contributed by atoms with E-state index in [1.54, 1.807) is 0 Å². The Morgan fingerprint density at radius 3 is 2.29 bits per heavy atom. The molecule has 4 nitrogen and oxygen atoms in total. The molecule has 1 heterocycles. The molecule has 0 unspecified atom stereocenters. The van der Waals surface area contributed by atoms with Crippen LogP contribution in [0, 0.1) is 0 Å². The molecule has 0 bridgehead atoms. The minimum Gasteiger partial charge on any atom is -0.441 e. The highest BCUT2D eigenvalue weighted by Crippen LogP contribution is 2.37. The molecule has 1 rings (SSSR count). The van der Waals surface area contributed by atoms with Crippen molar-refractivity contribution in [3.63, 3.8) is 0 Å². The normalized spacial score (nSPS) is 24.4. The minimum absolute atomic E-state index is 0.0656. The van der Waals surface area contributed by atoms with Gasteiger partial charge in [-0.1, -0.05) is 20.8 Å². The predicted octanol–water partition coefficient (Wildman–Crippen LogP) is 2.90. The minimum atomic E-state index is -1.76. The van der Waals surface area contributed by atoms with Gasteiger partial charge in [0.05, 0.1) is 12.6 Å². The summed E-state index contributed by atoms with van der Waals surface area (Å²) in [5.74, 6) is 0. The molecule has 1 atom stereocenters. The van der Waals surface area contributed by atoms with E-state index in [0.717, 1.165) is 0 Å². The number of rotatable bonds is 3. The van der Waals surface area contributed by atoms with Crippen molar-refractivity contribution >= 4 is 14.4 Å². The van der Waals surface area contributed by atoms with Crippen LogP contribution in [0.3, 0.4) is 0 Å². The fourth-order valence-electron chi connectivity index (χ4n) is 1.41. The molecule has 100 valence electrons. The third-order valence-corrected chi connectivity index (χ3v) is 8.40. The Morgan fingerprint density at radius 2 is 1.94 bits per heavy atom. The molecular formula is C12H25NO3Si. The van der Waals surface area contributed by atoms with Crippen LogP contribution in [0.15, 0.2) is 0 Å². The first-order valence-corrected chi connectivity index (χ1v) is 9.00. The summed E-state index contributed by atoms with van der Waals surface area (Å²) in [6, 6.07) is -0.0656. The summed E-state index contributed by atoms with van der Waals surface area (Å²) in [5, 5.41) is 2.99. The zero-order chi connectivity index (χ0) is 13.5. The number of hydrogen-bond acceptors (Lipinski definition) is 3. The quantitative estimate of drug-likeness (QED) is 0.793. The Hall–Kier alpha value is -0.553. The second kappa shape index (κ2) is 4.28. The zero-order valence-electron chi connectivity index (χ0n) is 12.0. The highest BCUT2D eigenvalue weighted by atomic mass is 28.4. The first-order chi connectivity index (χ1) is 7.46. The molecule has 1 aliphatic rings. The summed E-state index contributed by atoms with van der Waals surface area (Å²) in [7, 11) is -1.76. The van der Waals surface area contributed by atoms with E-state index in [0.29, 0.717) is 6.61 Å². The summed E-state index contributed by atoms with van der Waals surface area (Å²) in [6.07, 6.45) is -0.348. The molecule has 0 aromatic heterocycles. The second-order valence-corrected chi connectivity index (χ2v) is 11.6. The Morgan fingerprint density at radius 1 is 1.41 bits per heavy atom.